The number of hydrogen-bond acceptors (Lipinski definition) is 6. The molecule has 1 fully saturated rings. The Hall–Kier alpha value is -2.49. The standard InChI is InChI=1S/C19H25FN4O4/c1-23(6-7-25)17-15(22-19(27)12-10-21-24(2)11-12)9-16(18(17)26)28-14-5-3-4-13(20)8-14/h3-5,8,10-11,15-18,25-26H,6-7,9H2,1-2H3,(H,22,27)/t15-,16-,17+,18+/m1/s1. The number of nitrogens with zero attached hydrogens (tertiary/aromatic N) is 3. The first kappa shape index (κ1) is 20.2. The number of ether oxygens (including phenoxy) is 1. The molecule has 3 rings (SSSR count). The van der Waals surface area contributed by atoms with Crippen LogP contribution in [0.4, 0.5) is 4.39 Å². The summed E-state index contributed by atoms with van der Waals surface area (Å²) in [6, 6.07) is 4.82. The van der Waals surface area contributed by atoms with E-state index in [1.807, 2.05) is 0 Å². The van der Waals surface area contributed by atoms with Crippen LogP contribution in [0.2, 0.25) is 0 Å². The molecule has 4 atom stereocenters. The zero-order valence-corrected chi connectivity index (χ0v) is 15.8. The number of aromatic nitrogens is 2. The zero-order valence-electron chi connectivity index (χ0n) is 15.8. The fourth-order valence-electron chi connectivity index (χ4n) is 3.63. The third-order valence-electron chi connectivity index (χ3n) is 4.96. The summed E-state index contributed by atoms with van der Waals surface area (Å²) in [5.74, 6) is -0.425. The van der Waals surface area contributed by atoms with Gasteiger partial charge in [-0.1, -0.05) is 6.07 Å². The number of aryl methyl sites for hydroxylation is 1. The number of rotatable bonds is 7. The summed E-state index contributed by atoms with van der Waals surface area (Å²) < 4.78 is 20.8. The van der Waals surface area contributed by atoms with E-state index in [0.717, 1.165) is 0 Å². The number of aliphatic hydroxyl groups is 2. The second-order valence-electron chi connectivity index (χ2n) is 7.02. The molecule has 0 saturated heterocycles. The average molecular weight is 392 g/mol. The Bertz CT molecular complexity index is 815. The van der Waals surface area contributed by atoms with Crippen LogP contribution in [0.3, 0.4) is 0 Å². The lowest BCUT2D eigenvalue weighted by atomic mass is 10.1. The maximum absolute atomic E-state index is 13.4. The molecule has 0 spiro atoms. The molecule has 0 aliphatic heterocycles. The van der Waals surface area contributed by atoms with E-state index in [4.69, 9.17) is 4.74 Å². The Kier molecular flexibility index (Phi) is 6.28. The van der Waals surface area contributed by atoms with Crippen molar-refractivity contribution in [2.45, 2.75) is 30.7 Å². The lowest BCUT2D eigenvalue weighted by Gasteiger charge is -2.31. The molecular weight excluding hydrogens is 367 g/mol. The lowest BCUT2D eigenvalue weighted by Crippen LogP contribution is -2.52. The molecule has 0 radical (unpaired) electrons. The Morgan fingerprint density at radius 3 is 2.93 bits per heavy atom. The third kappa shape index (κ3) is 4.49. The summed E-state index contributed by atoms with van der Waals surface area (Å²) in [4.78, 5) is 14.3. The normalized spacial score (nSPS) is 24.5. The molecule has 8 nitrogen and oxygen atoms in total. The van der Waals surface area contributed by atoms with Gasteiger partial charge in [0.05, 0.1) is 30.5 Å². The largest absolute Gasteiger partial charge is 0.487 e. The van der Waals surface area contributed by atoms with Gasteiger partial charge >= 0.3 is 0 Å². The second-order valence-corrected chi connectivity index (χ2v) is 7.02. The SMILES string of the molecule is CN(CCO)[C@@H]1[C@@H](O)[C@H](Oc2cccc(F)c2)C[C@H]1NC(=O)c1cnn(C)c1. The predicted molar refractivity (Wildman–Crippen MR) is 99.4 cm³/mol. The Balaban J connectivity index is 1.76. The van der Waals surface area contributed by atoms with E-state index in [0.29, 0.717) is 24.3 Å². The van der Waals surface area contributed by atoms with Crippen molar-refractivity contribution in [3.8, 4) is 5.75 Å². The topological polar surface area (TPSA) is 99.8 Å². The highest BCUT2D eigenvalue weighted by atomic mass is 19.1. The van der Waals surface area contributed by atoms with Crippen LogP contribution in [0.1, 0.15) is 16.8 Å². The van der Waals surface area contributed by atoms with Crippen LogP contribution >= 0.6 is 0 Å². The number of hydrogen-bond donors (Lipinski definition) is 3. The van der Waals surface area contributed by atoms with Gasteiger partial charge in [0.25, 0.3) is 5.91 Å². The van der Waals surface area contributed by atoms with Crippen molar-refractivity contribution in [3.63, 3.8) is 0 Å². The number of amides is 1. The minimum atomic E-state index is -0.931. The maximum atomic E-state index is 13.4. The molecule has 1 heterocycles. The van der Waals surface area contributed by atoms with E-state index in [9.17, 15) is 19.4 Å². The van der Waals surface area contributed by atoms with Gasteiger partial charge < -0.3 is 20.3 Å². The van der Waals surface area contributed by atoms with Gasteiger partial charge in [0.1, 0.15) is 23.8 Å². The summed E-state index contributed by atoms with van der Waals surface area (Å²) in [6.45, 7) is 0.242. The van der Waals surface area contributed by atoms with Gasteiger partial charge in [-0.15, -0.1) is 0 Å². The molecule has 1 aliphatic rings. The van der Waals surface area contributed by atoms with Crippen LogP contribution in [-0.4, -0.2) is 75.3 Å². The second kappa shape index (κ2) is 8.68. The highest BCUT2D eigenvalue weighted by Crippen LogP contribution is 2.29. The summed E-state index contributed by atoms with van der Waals surface area (Å²) in [7, 11) is 3.48. The van der Waals surface area contributed by atoms with Crippen LogP contribution in [-0.2, 0) is 7.05 Å². The molecule has 1 aromatic heterocycles. The molecule has 9 heteroatoms. The molecule has 1 aromatic carbocycles. The van der Waals surface area contributed by atoms with Gasteiger partial charge in [0.2, 0.25) is 0 Å². The monoisotopic (exact) mass is 392 g/mol. The van der Waals surface area contributed by atoms with Crippen LogP contribution in [0.5, 0.6) is 5.75 Å². The van der Waals surface area contributed by atoms with E-state index >= 15 is 0 Å². The molecule has 152 valence electrons. The first-order valence-electron chi connectivity index (χ1n) is 9.10. The van der Waals surface area contributed by atoms with Crippen LogP contribution in [0.15, 0.2) is 36.7 Å². The molecule has 1 amide bonds. The van der Waals surface area contributed by atoms with Gasteiger partial charge in [0, 0.05) is 32.3 Å². The molecule has 28 heavy (non-hydrogen) atoms. The van der Waals surface area contributed by atoms with E-state index in [-0.39, 0.29) is 12.5 Å². The minimum absolute atomic E-state index is 0.0849. The van der Waals surface area contributed by atoms with Crippen LogP contribution in [0, 0.1) is 5.82 Å². The molecule has 1 aliphatic carbocycles. The highest BCUT2D eigenvalue weighted by molar-refractivity contribution is 5.93. The third-order valence-corrected chi connectivity index (χ3v) is 4.96. The van der Waals surface area contributed by atoms with E-state index in [1.165, 1.54) is 29.1 Å². The number of benzene rings is 1. The van der Waals surface area contributed by atoms with Gasteiger partial charge in [-0.2, -0.15) is 5.10 Å². The first-order chi connectivity index (χ1) is 13.4. The van der Waals surface area contributed by atoms with Crippen LogP contribution in [0.25, 0.3) is 0 Å². The number of nitrogens with one attached hydrogen (secondary N) is 1. The summed E-state index contributed by atoms with van der Waals surface area (Å²) in [6.07, 6.45) is 1.84. The van der Waals surface area contributed by atoms with Crippen LogP contribution < -0.4 is 10.1 Å². The van der Waals surface area contributed by atoms with E-state index in [1.54, 1.807) is 31.3 Å². The molecule has 3 N–H and O–H groups in total. The predicted octanol–water partition coefficient (Wildman–Crippen LogP) is 0.162. The zero-order chi connectivity index (χ0) is 20.3. The summed E-state index contributed by atoms with van der Waals surface area (Å²) in [5, 5.41) is 27.0. The number of halogens is 1. The Labute approximate surface area is 162 Å². The average Bonchev–Trinajstić information content (AvgIpc) is 3.19. The van der Waals surface area contributed by atoms with E-state index < -0.39 is 30.1 Å². The molecule has 0 unspecified atom stereocenters. The molecule has 2 aromatic rings. The van der Waals surface area contributed by atoms with Crippen molar-refractivity contribution in [2.24, 2.45) is 7.05 Å². The minimum Gasteiger partial charge on any atom is -0.487 e. The van der Waals surface area contributed by atoms with E-state index in [2.05, 4.69) is 10.4 Å². The van der Waals surface area contributed by atoms with Crippen molar-refractivity contribution in [1.82, 2.24) is 20.0 Å². The van der Waals surface area contributed by atoms with Crippen molar-refractivity contribution in [3.05, 3.63) is 48.0 Å². The van der Waals surface area contributed by atoms with Gasteiger partial charge in [-0.25, -0.2) is 4.39 Å². The smallest absolute Gasteiger partial charge is 0.254 e. The number of carbonyl (C=O) groups is 1. The van der Waals surface area contributed by atoms with Crippen molar-refractivity contribution < 1.29 is 24.1 Å². The van der Waals surface area contributed by atoms with Crippen molar-refractivity contribution in [2.75, 3.05) is 20.2 Å². The van der Waals surface area contributed by atoms with Gasteiger partial charge in [-0.05, 0) is 19.2 Å². The Morgan fingerprint density at radius 2 is 2.29 bits per heavy atom. The fourth-order valence-corrected chi connectivity index (χ4v) is 3.63. The molecule has 0 bridgehead atoms. The highest BCUT2D eigenvalue weighted by Gasteiger charge is 2.46. The van der Waals surface area contributed by atoms with Gasteiger partial charge in [-0.3, -0.25) is 14.4 Å². The molecule has 1 saturated carbocycles. The quantitative estimate of drug-likeness (QED) is 0.621. The van der Waals surface area contributed by atoms with Crippen molar-refractivity contribution in [1.29, 1.82) is 0 Å². The fraction of sp³-hybridized carbons (Fsp3) is 0.474. The Morgan fingerprint density at radius 1 is 1.50 bits per heavy atom. The summed E-state index contributed by atoms with van der Waals surface area (Å²) >= 11 is 0. The number of aliphatic hydroxyl groups excluding tert-OH is 2. The van der Waals surface area contributed by atoms with Crippen molar-refractivity contribution >= 4 is 5.91 Å². The van der Waals surface area contributed by atoms with Gasteiger partial charge in [0.15, 0.2) is 0 Å². The first-order valence-corrected chi connectivity index (χ1v) is 9.10. The number of likely N-dealkylation sites (N-methyl/N-ethyl adjacent to an activating group) is 1. The maximum Gasteiger partial charge on any atom is 0.254 e. The lowest BCUT2D eigenvalue weighted by molar-refractivity contribution is 0.0109. The number of carbonyl (C=O) groups excluding carboxylic acids is 1. The summed E-state index contributed by atoms with van der Waals surface area (Å²) in [5.41, 5.74) is 0.412. The molecular formula is C19H25FN4O4.